The average molecular weight is 319 g/mol. The summed E-state index contributed by atoms with van der Waals surface area (Å²) in [6, 6.07) is 5.80. The van der Waals surface area contributed by atoms with Gasteiger partial charge in [0.05, 0.1) is 0 Å². The fourth-order valence-electron chi connectivity index (χ4n) is 0.875. The van der Waals surface area contributed by atoms with Crippen LogP contribution in [0.15, 0.2) is 36.4 Å². The molecule has 1 rings (SSSR count). The molecule has 0 aliphatic heterocycles. The SMILES string of the molecule is O=C(Cl)c1ccc(C(=O)Cl)cc1.O=C(O)/C=C/C(=O)O. The zero-order chi connectivity index (χ0) is 15.7. The van der Waals surface area contributed by atoms with Crippen LogP contribution in [-0.2, 0) is 9.59 Å². The van der Waals surface area contributed by atoms with Crippen LogP contribution >= 0.6 is 23.2 Å². The Bertz CT molecular complexity index is 499. The van der Waals surface area contributed by atoms with E-state index in [1.54, 1.807) is 0 Å². The number of benzene rings is 1. The highest BCUT2D eigenvalue weighted by Crippen LogP contribution is 2.08. The van der Waals surface area contributed by atoms with Gasteiger partial charge in [0.25, 0.3) is 10.5 Å². The van der Waals surface area contributed by atoms with E-state index in [2.05, 4.69) is 0 Å². The second-order valence-electron chi connectivity index (χ2n) is 3.13. The van der Waals surface area contributed by atoms with Gasteiger partial charge in [-0.2, -0.15) is 0 Å². The molecule has 8 heteroatoms. The maximum absolute atomic E-state index is 10.6. The standard InChI is InChI=1S/C8H4Cl2O2.C4H4O4/c9-7(11)5-1-2-6(4-3-5)8(10)12;5-3(6)1-2-4(7)8/h1-4H;1-2H,(H,5,6)(H,7,8)/b;2-1+. The summed E-state index contributed by atoms with van der Waals surface area (Å²) in [5.41, 5.74) is 0.691. The lowest BCUT2D eigenvalue weighted by Gasteiger charge is -1.94. The van der Waals surface area contributed by atoms with Crippen LogP contribution in [0.3, 0.4) is 0 Å². The summed E-state index contributed by atoms with van der Waals surface area (Å²) in [5.74, 6) is -2.51. The molecule has 0 radical (unpaired) electrons. The highest BCUT2D eigenvalue weighted by atomic mass is 35.5. The van der Waals surface area contributed by atoms with E-state index in [1.807, 2.05) is 0 Å². The van der Waals surface area contributed by atoms with Crippen LogP contribution in [0.5, 0.6) is 0 Å². The molecule has 0 heterocycles. The molecule has 0 aliphatic rings. The van der Waals surface area contributed by atoms with Crippen LogP contribution < -0.4 is 0 Å². The van der Waals surface area contributed by atoms with Crippen LogP contribution in [0.1, 0.15) is 20.7 Å². The van der Waals surface area contributed by atoms with E-state index in [9.17, 15) is 19.2 Å². The molecule has 0 amide bonds. The molecular formula is C12H8Cl2O6. The molecule has 0 aliphatic carbocycles. The van der Waals surface area contributed by atoms with Gasteiger partial charge in [0.15, 0.2) is 0 Å². The van der Waals surface area contributed by atoms with Crippen LogP contribution in [0.25, 0.3) is 0 Å². The Hall–Kier alpha value is -2.18. The topological polar surface area (TPSA) is 109 Å². The normalized spacial score (nSPS) is 9.50. The summed E-state index contributed by atoms with van der Waals surface area (Å²) in [6.45, 7) is 0. The molecule has 0 bridgehead atoms. The average Bonchev–Trinajstić information content (AvgIpc) is 2.37. The molecule has 1 aromatic carbocycles. The Kier molecular flexibility index (Phi) is 7.88. The van der Waals surface area contributed by atoms with E-state index in [4.69, 9.17) is 33.4 Å². The summed E-state index contributed by atoms with van der Waals surface area (Å²) in [7, 11) is 0. The van der Waals surface area contributed by atoms with Crippen LogP contribution in [0.2, 0.25) is 0 Å². The quantitative estimate of drug-likeness (QED) is 0.650. The predicted octanol–water partition coefficient (Wildman–Crippen LogP) is 2.16. The number of carboxylic acid groups (broad SMARTS) is 2. The molecule has 0 saturated carbocycles. The van der Waals surface area contributed by atoms with Crippen LogP contribution in [0.4, 0.5) is 0 Å². The van der Waals surface area contributed by atoms with Crippen molar-refractivity contribution in [3.05, 3.63) is 47.5 Å². The number of aliphatic carboxylic acids is 2. The lowest BCUT2D eigenvalue weighted by Crippen LogP contribution is -1.92. The molecule has 0 atom stereocenters. The Morgan fingerprint density at radius 2 is 1.00 bits per heavy atom. The van der Waals surface area contributed by atoms with Crippen molar-refractivity contribution in [2.24, 2.45) is 0 Å². The minimum absolute atomic E-state index is 0.346. The van der Waals surface area contributed by atoms with Crippen molar-refractivity contribution in [1.29, 1.82) is 0 Å². The number of hydrogen-bond acceptors (Lipinski definition) is 4. The number of carbonyl (C=O) groups excluding carboxylic acids is 2. The smallest absolute Gasteiger partial charge is 0.328 e. The van der Waals surface area contributed by atoms with E-state index in [1.165, 1.54) is 24.3 Å². The van der Waals surface area contributed by atoms with Gasteiger partial charge in [-0.1, -0.05) is 0 Å². The first-order valence-corrected chi connectivity index (χ1v) is 5.63. The number of rotatable bonds is 4. The molecule has 0 fully saturated rings. The number of halogens is 2. The van der Waals surface area contributed by atoms with Gasteiger partial charge in [-0.25, -0.2) is 9.59 Å². The summed E-state index contributed by atoms with van der Waals surface area (Å²) < 4.78 is 0. The molecule has 20 heavy (non-hydrogen) atoms. The second-order valence-corrected chi connectivity index (χ2v) is 3.82. The summed E-state index contributed by atoms with van der Waals surface area (Å²) in [4.78, 5) is 40.3. The lowest BCUT2D eigenvalue weighted by molar-refractivity contribution is -0.134. The molecule has 1 aromatic rings. The number of hydrogen-bond donors (Lipinski definition) is 2. The van der Waals surface area contributed by atoms with E-state index in [0.717, 1.165) is 0 Å². The third-order valence-corrected chi connectivity index (χ3v) is 2.14. The fourth-order valence-corrected chi connectivity index (χ4v) is 1.13. The molecule has 0 unspecified atom stereocenters. The molecule has 6 nitrogen and oxygen atoms in total. The van der Waals surface area contributed by atoms with Crippen LogP contribution in [0, 0.1) is 0 Å². The first-order valence-electron chi connectivity index (χ1n) is 4.87. The summed E-state index contributed by atoms with van der Waals surface area (Å²) in [5, 5.41) is 14.5. The van der Waals surface area contributed by atoms with E-state index < -0.39 is 22.4 Å². The van der Waals surface area contributed by atoms with Gasteiger partial charge >= 0.3 is 11.9 Å². The third kappa shape index (κ3) is 8.02. The molecule has 106 valence electrons. The van der Waals surface area contributed by atoms with Gasteiger partial charge in [-0.15, -0.1) is 0 Å². The van der Waals surface area contributed by atoms with Gasteiger partial charge in [-0.05, 0) is 47.5 Å². The minimum Gasteiger partial charge on any atom is -0.478 e. The molecular weight excluding hydrogens is 311 g/mol. The maximum Gasteiger partial charge on any atom is 0.328 e. The van der Waals surface area contributed by atoms with Crippen molar-refractivity contribution in [2.75, 3.05) is 0 Å². The second kappa shape index (κ2) is 8.84. The molecule has 2 N–H and O–H groups in total. The van der Waals surface area contributed by atoms with E-state index in [-0.39, 0.29) is 0 Å². The van der Waals surface area contributed by atoms with Gasteiger partial charge < -0.3 is 10.2 Å². The van der Waals surface area contributed by atoms with Crippen molar-refractivity contribution in [1.82, 2.24) is 0 Å². The molecule has 0 aromatic heterocycles. The van der Waals surface area contributed by atoms with Crippen molar-refractivity contribution >= 4 is 45.6 Å². The van der Waals surface area contributed by atoms with Gasteiger partial charge in [-0.3, -0.25) is 9.59 Å². The molecule has 0 saturated heterocycles. The summed E-state index contributed by atoms with van der Waals surface area (Å²) in [6.07, 6.45) is 1.12. The summed E-state index contributed by atoms with van der Waals surface area (Å²) >= 11 is 10.4. The molecule has 0 spiro atoms. The maximum atomic E-state index is 10.6. The Balaban J connectivity index is 0.000000396. The number of carboxylic acids is 2. The van der Waals surface area contributed by atoms with Gasteiger partial charge in [0, 0.05) is 23.3 Å². The Morgan fingerprint density at radius 1 is 0.750 bits per heavy atom. The monoisotopic (exact) mass is 318 g/mol. The third-order valence-electron chi connectivity index (χ3n) is 1.71. The highest BCUT2D eigenvalue weighted by molar-refractivity contribution is 6.68. The fraction of sp³-hybridized carbons (Fsp3) is 0. The van der Waals surface area contributed by atoms with Crippen molar-refractivity contribution in [2.45, 2.75) is 0 Å². The van der Waals surface area contributed by atoms with E-state index >= 15 is 0 Å². The Labute approximate surface area is 123 Å². The highest BCUT2D eigenvalue weighted by Gasteiger charge is 2.03. The Morgan fingerprint density at radius 3 is 1.15 bits per heavy atom. The lowest BCUT2D eigenvalue weighted by atomic mass is 10.2. The van der Waals surface area contributed by atoms with Gasteiger partial charge in [0.1, 0.15) is 0 Å². The van der Waals surface area contributed by atoms with E-state index in [0.29, 0.717) is 23.3 Å². The first kappa shape index (κ1) is 17.8. The van der Waals surface area contributed by atoms with Crippen molar-refractivity contribution in [3.8, 4) is 0 Å². The predicted molar refractivity (Wildman–Crippen MR) is 71.2 cm³/mol. The first-order chi connectivity index (χ1) is 9.23. The zero-order valence-electron chi connectivity index (χ0n) is 9.75. The van der Waals surface area contributed by atoms with Crippen LogP contribution in [-0.4, -0.2) is 32.6 Å². The minimum atomic E-state index is -1.26. The van der Waals surface area contributed by atoms with Gasteiger partial charge in [0.2, 0.25) is 0 Å². The largest absolute Gasteiger partial charge is 0.478 e. The number of carbonyl (C=O) groups is 4. The van der Waals surface area contributed by atoms with Crippen molar-refractivity contribution in [3.63, 3.8) is 0 Å². The zero-order valence-corrected chi connectivity index (χ0v) is 11.3. The van der Waals surface area contributed by atoms with Crippen molar-refractivity contribution < 1.29 is 29.4 Å².